The number of ether oxygens (including phenoxy) is 1. The van der Waals surface area contributed by atoms with E-state index in [4.69, 9.17) is 4.74 Å². The molecule has 0 amide bonds. The van der Waals surface area contributed by atoms with Gasteiger partial charge in [-0.3, -0.25) is 4.90 Å². The van der Waals surface area contributed by atoms with Gasteiger partial charge in [-0.1, -0.05) is 19.1 Å². The average Bonchev–Trinajstić information content (AvgIpc) is 3.46. The minimum Gasteiger partial charge on any atom is -0.424 e. The SMILES string of the molecule is CCc1cc(C(F)(F)F)n2nc(C3CCN(Cc4ccc(Oc5ncccn5)cc4)C3)cc2n1.Cl. The first-order valence-electron chi connectivity index (χ1n) is 11.1. The topological polar surface area (TPSA) is 68.4 Å². The molecule has 7 nitrogen and oxygen atoms in total. The lowest BCUT2D eigenvalue weighted by Crippen LogP contribution is -2.19. The Bertz CT molecular complexity index is 1280. The fourth-order valence-electron chi connectivity index (χ4n) is 4.21. The summed E-state index contributed by atoms with van der Waals surface area (Å²) < 4.78 is 47.2. The number of aromatic nitrogens is 5. The van der Waals surface area contributed by atoms with Crippen LogP contribution in [0.3, 0.4) is 0 Å². The Morgan fingerprint density at radius 1 is 1.09 bits per heavy atom. The monoisotopic (exact) mass is 504 g/mol. The van der Waals surface area contributed by atoms with Gasteiger partial charge in [0.25, 0.3) is 0 Å². The van der Waals surface area contributed by atoms with Crippen LogP contribution in [0.15, 0.2) is 54.9 Å². The van der Waals surface area contributed by atoms with E-state index in [9.17, 15) is 13.2 Å². The summed E-state index contributed by atoms with van der Waals surface area (Å²) >= 11 is 0. The maximum Gasteiger partial charge on any atom is 0.433 e. The third-order valence-electron chi connectivity index (χ3n) is 5.92. The van der Waals surface area contributed by atoms with E-state index in [1.54, 1.807) is 31.5 Å². The van der Waals surface area contributed by atoms with Crippen molar-refractivity contribution in [3.05, 3.63) is 77.5 Å². The molecule has 3 aromatic heterocycles. The quantitative estimate of drug-likeness (QED) is 0.355. The van der Waals surface area contributed by atoms with Gasteiger partial charge in [0.2, 0.25) is 0 Å². The van der Waals surface area contributed by atoms with Gasteiger partial charge in [0, 0.05) is 43.2 Å². The average molecular weight is 505 g/mol. The summed E-state index contributed by atoms with van der Waals surface area (Å²) in [5.74, 6) is 0.712. The van der Waals surface area contributed by atoms with Crippen molar-refractivity contribution < 1.29 is 17.9 Å². The predicted octanol–water partition coefficient (Wildman–Crippen LogP) is 5.30. The number of fused-ring (bicyclic) bond motifs is 1. The molecular formula is C24H24ClF3N6O. The summed E-state index contributed by atoms with van der Waals surface area (Å²) in [5.41, 5.74) is 1.65. The molecular weight excluding hydrogens is 481 g/mol. The van der Waals surface area contributed by atoms with Gasteiger partial charge in [0.05, 0.1) is 5.69 Å². The van der Waals surface area contributed by atoms with Crippen molar-refractivity contribution in [1.82, 2.24) is 29.5 Å². The van der Waals surface area contributed by atoms with Crippen LogP contribution in [0.4, 0.5) is 13.2 Å². The van der Waals surface area contributed by atoms with Crippen LogP contribution in [0.2, 0.25) is 0 Å². The van der Waals surface area contributed by atoms with Gasteiger partial charge in [0.1, 0.15) is 11.4 Å². The van der Waals surface area contributed by atoms with E-state index in [1.807, 2.05) is 24.3 Å². The molecule has 0 saturated carbocycles. The second-order valence-electron chi connectivity index (χ2n) is 8.32. The van der Waals surface area contributed by atoms with Crippen molar-refractivity contribution in [3.63, 3.8) is 0 Å². The van der Waals surface area contributed by atoms with Crippen LogP contribution in [0.1, 0.15) is 41.9 Å². The first-order chi connectivity index (χ1) is 16.4. The number of benzene rings is 1. The third-order valence-corrected chi connectivity index (χ3v) is 5.92. The summed E-state index contributed by atoms with van der Waals surface area (Å²) in [6.45, 7) is 4.09. The molecule has 1 fully saturated rings. The maximum atomic E-state index is 13.6. The smallest absolute Gasteiger partial charge is 0.424 e. The summed E-state index contributed by atoms with van der Waals surface area (Å²) in [6.07, 6.45) is 0.00904. The molecule has 1 aliphatic heterocycles. The predicted molar refractivity (Wildman–Crippen MR) is 126 cm³/mol. The molecule has 1 saturated heterocycles. The Labute approximate surface area is 206 Å². The Balaban J connectivity index is 0.00000289. The van der Waals surface area contributed by atoms with E-state index < -0.39 is 11.9 Å². The van der Waals surface area contributed by atoms with Crippen molar-refractivity contribution in [2.75, 3.05) is 13.1 Å². The lowest BCUT2D eigenvalue weighted by atomic mass is 10.1. The second kappa shape index (κ2) is 10.2. The minimum atomic E-state index is -4.49. The molecule has 0 bridgehead atoms. The zero-order chi connectivity index (χ0) is 23.7. The van der Waals surface area contributed by atoms with Gasteiger partial charge >= 0.3 is 12.2 Å². The van der Waals surface area contributed by atoms with Crippen molar-refractivity contribution in [2.24, 2.45) is 0 Å². The highest BCUT2D eigenvalue weighted by atomic mass is 35.5. The first kappa shape index (κ1) is 24.9. The minimum absolute atomic E-state index is 0. The van der Waals surface area contributed by atoms with Crippen molar-refractivity contribution in [3.8, 4) is 11.8 Å². The summed E-state index contributed by atoms with van der Waals surface area (Å²) in [7, 11) is 0. The van der Waals surface area contributed by atoms with E-state index in [0.29, 0.717) is 29.6 Å². The maximum absolute atomic E-state index is 13.6. The largest absolute Gasteiger partial charge is 0.433 e. The number of halogens is 4. The number of hydrogen-bond acceptors (Lipinski definition) is 6. The number of nitrogens with zero attached hydrogens (tertiary/aromatic N) is 6. The van der Waals surface area contributed by atoms with Crippen LogP contribution in [0.5, 0.6) is 11.8 Å². The molecule has 0 spiro atoms. The number of hydrogen-bond donors (Lipinski definition) is 0. The van der Waals surface area contributed by atoms with Crippen LogP contribution >= 0.6 is 12.4 Å². The summed E-state index contributed by atoms with van der Waals surface area (Å²) in [6, 6.07) is 12.5. The number of rotatable bonds is 6. The van der Waals surface area contributed by atoms with Crippen LogP contribution in [-0.2, 0) is 19.1 Å². The zero-order valence-corrected chi connectivity index (χ0v) is 19.8. The Morgan fingerprint density at radius 3 is 2.51 bits per heavy atom. The van der Waals surface area contributed by atoms with Crippen molar-refractivity contribution >= 4 is 18.1 Å². The molecule has 0 N–H and O–H groups in total. The molecule has 35 heavy (non-hydrogen) atoms. The normalized spacial score (nSPS) is 16.4. The highest BCUT2D eigenvalue weighted by molar-refractivity contribution is 5.85. The molecule has 1 aromatic carbocycles. The van der Waals surface area contributed by atoms with E-state index in [-0.39, 0.29) is 24.0 Å². The molecule has 1 atom stereocenters. The molecule has 0 radical (unpaired) electrons. The fourth-order valence-corrected chi connectivity index (χ4v) is 4.21. The lowest BCUT2D eigenvalue weighted by molar-refractivity contribution is -0.142. The fraction of sp³-hybridized carbons (Fsp3) is 0.333. The molecule has 184 valence electrons. The third kappa shape index (κ3) is 5.54. The van der Waals surface area contributed by atoms with Gasteiger partial charge in [-0.05, 0) is 49.2 Å². The van der Waals surface area contributed by atoms with Gasteiger partial charge in [0.15, 0.2) is 5.65 Å². The number of aryl methyl sites for hydroxylation is 1. The molecule has 5 rings (SSSR count). The van der Waals surface area contributed by atoms with E-state index in [2.05, 4.69) is 25.0 Å². The van der Waals surface area contributed by atoms with Crippen LogP contribution in [-0.4, -0.2) is 42.6 Å². The van der Waals surface area contributed by atoms with E-state index in [0.717, 1.165) is 42.2 Å². The molecule has 0 aliphatic carbocycles. The number of alkyl halides is 3. The Morgan fingerprint density at radius 2 is 1.83 bits per heavy atom. The highest BCUT2D eigenvalue weighted by Gasteiger charge is 2.36. The summed E-state index contributed by atoms with van der Waals surface area (Å²) in [5, 5.41) is 4.31. The van der Waals surface area contributed by atoms with Crippen molar-refractivity contribution in [2.45, 2.75) is 38.4 Å². The number of likely N-dealkylation sites (tertiary alicyclic amines) is 1. The molecule has 11 heteroatoms. The lowest BCUT2D eigenvalue weighted by Gasteiger charge is -2.16. The van der Waals surface area contributed by atoms with Gasteiger partial charge < -0.3 is 4.74 Å². The molecule has 4 heterocycles. The zero-order valence-electron chi connectivity index (χ0n) is 18.9. The molecule has 4 aromatic rings. The summed E-state index contributed by atoms with van der Waals surface area (Å²) in [4.78, 5) is 14.7. The standard InChI is InChI=1S/C24H23F3N6O.ClH/c1-2-18-12-21(24(25,26)27)33-22(30-18)13-20(31-33)17-8-11-32(15-17)14-16-4-6-19(7-5-16)34-23-28-9-3-10-29-23;/h3-7,9-10,12-13,17H,2,8,11,14-15H2,1H3;1H. The first-order valence-corrected chi connectivity index (χ1v) is 11.1. The molecule has 1 aliphatic rings. The Hall–Kier alpha value is -3.24. The molecule has 1 unspecified atom stereocenters. The van der Waals surface area contributed by atoms with Gasteiger partial charge in [-0.25, -0.2) is 19.5 Å². The van der Waals surface area contributed by atoms with Gasteiger partial charge in [-0.2, -0.15) is 18.3 Å². The Kier molecular flexibility index (Phi) is 7.23. The van der Waals surface area contributed by atoms with E-state index in [1.165, 1.54) is 0 Å². The van der Waals surface area contributed by atoms with Crippen LogP contribution in [0.25, 0.3) is 5.65 Å². The van der Waals surface area contributed by atoms with E-state index >= 15 is 0 Å². The van der Waals surface area contributed by atoms with Crippen molar-refractivity contribution in [1.29, 1.82) is 0 Å². The van der Waals surface area contributed by atoms with Crippen LogP contribution in [0, 0.1) is 0 Å². The van der Waals surface area contributed by atoms with Gasteiger partial charge in [-0.15, -0.1) is 12.4 Å². The van der Waals surface area contributed by atoms with Crippen LogP contribution < -0.4 is 4.74 Å². The highest BCUT2D eigenvalue weighted by Crippen LogP contribution is 2.33. The second-order valence-corrected chi connectivity index (χ2v) is 8.32.